The molecule has 1 heterocycles. The van der Waals surface area contributed by atoms with E-state index in [1.54, 1.807) is 54.7 Å². The maximum atomic E-state index is 12.1. The highest BCUT2D eigenvalue weighted by molar-refractivity contribution is 5.77. The van der Waals surface area contributed by atoms with Gasteiger partial charge < -0.3 is 19.5 Å². The molecule has 3 rings (SSSR count). The molecule has 1 aromatic heterocycles. The van der Waals surface area contributed by atoms with E-state index in [4.69, 9.17) is 9.47 Å². The van der Waals surface area contributed by atoms with Gasteiger partial charge in [0.15, 0.2) is 13.2 Å². The summed E-state index contributed by atoms with van der Waals surface area (Å²) in [5, 5.41) is 2.67. The van der Waals surface area contributed by atoms with Crippen LogP contribution in [0.2, 0.25) is 0 Å². The minimum atomic E-state index is -4.39. The van der Waals surface area contributed by atoms with Crippen LogP contribution in [-0.2, 0) is 11.3 Å². The number of carbonyl (C=O) groups excluding carboxylic acids is 1. The summed E-state index contributed by atoms with van der Waals surface area (Å²) >= 11 is 0. The van der Waals surface area contributed by atoms with Crippen molar-refractivity contribution in [1.82, 2.24) is 10.3 Å². The van der Waals surface area contributed by atoms with Crippen LogP contribution in [-0.4, -0.2) is 30.3 Å². The molecule has 2 aromatic carbocycles. The SMILES string of the molecule is O=C(COc1ccc(Oc2ccccn2)cc1)NCc1ccc(OCC(F)(F)F)cc1. The van der Waals surface area contributed by atoms with E-state index in [1.807, 2.05) is 6.07 Å². The van der Waals surface area contributed by atoms with Crippen molar-refractivity contribution in [3.8, 4) is 23.1 Å². The molecule has 3 aromatic rings. The topological polar surface area (TPSA) is 69.7 Å². The second kappa shape index (κ2) is 10.3. The summed E-state index contributed by atoms with van der Waals surface area (Å²) in [6.07, 6.45) is -2.76. The zero-order valence-corrected chi connectivity index (χ0v) is 16.3. The number of aromatic nitrogens is 1. The molecule has 0 aliphatic heterocycles. The Morgan fingerprint density at radius 3 is 2.16 bits per heavy atom. The van der Waals surface area contributed by atoms with Gasteiger partial charge in [0.05, 0.1) is 0 Å². The maximum Gasteiger partial charge on any atom is 0.422 e. The summed E-state index contributed by atoms with van der Waals surface area (Å²) < 4.78 is 52.1. The minimum Gasteiger partial charge on any atom is -0.484 e. The van der Waals surface area contributed by atoms with Crippen LogP contribution in [0.5, 0.6) is 23.1 Å². The van der Waals surface area contributed by atoms with E-state index in [0.29, 0.717) is 22.9 Å². The first-order valence-corrected chi connectivity index (χ1v) is 9.24. The quantitative estimate of drug-likeness (QED) is 0.539. The van der Waals surface area contributed by atoms with Crippen LogP contribution in [0, 0.1) is 0 Å². The second-order valence-corrected chi connectivity index (χ2v) is 6.35. The molecule has 0 radical (unpaired) electrons. The average Bonchev–Trinajstić information content (AvgIpc) is 2.77. The average molecular weight is 432 g/mol. The highest BCUT2D eigenvalue weighted by Gasteiger charge is 2.28. The lowest BCUT2D eigenvalue weighted by Gasteiger charge is -2.10. The molecule has 0 saturated heterocycles. The molecule has 0 unspecified atom stereocenters. The molecule has 162 valence electrons. The van der Waals surface area contributed by atoms with Gasteiger partial charge in [-0.05, 0) is 48.0 Å². The van der Waals surface area contributed by atoms with Gasteiger partial charge in [0, 0.05) is 18.8 Å². The molecular formula is C22H19F3N2O4. The van der Waals surface area contributed by atoms with E-state index in [1.165, 1.54) is 12.1 Å². The van der Waals surface area contributed by atoms with Crippen molar-refractivity contribution in [2.24, 2.45) is 0 Å². The summed E-state index contributed by atoms with van der Waals surface area (Å²) in [6, 6.07) is 18.1. The Balaban J connectivity index is 1.39. The fraction of sp³-hybridized carbons (Fsp3) is 0.182. The number of alkyl halides is 3. The van der Waals surface area contributed by atoms with Crippen LogP contribution in [0.25, 0.3) is 0 Å². The summed E-state index contributed by atoms with van der Waals surface area (Å²) in [7, 11) is 0. The molecule has 0 bridgehead atoms. The molecular weight excluding hydrogens is 413 g/mol. The molecule has 0 aliphatic rings. The Bertz CT molecular complexity index is 963. The number of ether oxygens (including phenoxy) is 3. The lowest BCUT2D eigenvalue weighted by Crippen LogP contribution is -2.28. The summed E-state index contributed by atoms with van der Waals surface area (Å²) in [5.41, 5.74) is 0.712. The number of nitrogens with one attached hydrogen (secondary N) is 1. The predicted octanol–water partition coefficient (Wildman–Crippen LogP) is 4.51. The van der Waals surface area contributed by atoms with Gasteiger partial charge in [0.2, 0.25) is 5.88 Å². The third-order valence-electron chi connectivity index (χ3n) is 3.87. The van der Waals surface area contributed by atoms with Crippen LogP contribution >= 0.6 is 0 Å². The van der Waals surface area contributed by atoms with Crippen LogP contribution in [0.1, 0.15) is 5.56 Å². The summed E-state index contributed by atoms with van der Waals surface area (Å²) in [6.45, 7) is -1.33. The molecule has 31 heavy (non-hydrogen) atoms. The lowest BCUT2D eigenvalue weighted by molar-refractivity contribution is -0.153. The Kier molecular flexibility index (Phi) is 7.31. The summed E-state index contributed by atoms with van der Waals surface area (Å²) in [5.74, 6) is 1.31. The van der Waals surface area contributed by atoms with E-state index in [-0.39, 0.29) is 24.8 Å². The van der Waals surface area contributed by atoms with Crippen molar-refractivity contribution in [3.63, 3.8) is 0 Å². The van der Waals surface area contributed by atoms with Crippen molar-refractivity contribution in [1.29, 1.82) is 0 Å². The van der Waals surface area contributed by atoms with Crippen molar-refractivity contribution in [3.05, 3.63) is 78.5 Å². The summed E-state index contributed by atoms with van der Waals surface area (Å²) in [4.78, 5) is 16.0. The Hall–Kier alpha value is -3.75. The molecule has 9 heteroatoms. The fourth-order valence-electron chi connectivity index (χ4n) is 2.40. The fourth-order valence-corrected chi connectivity index (χ4v) is 2.40. The predicted molar refractivity (Wildman–Crippen MR) is 106 cm³/mol. The number of nitrogens with zero attached hydrogens (tertiary/aromatic N) is 1. The van der Waals surface area contributed by atoms with Crippen LogP contribution < -0.4 is 19.5 Å². The van der Waals surface area contributed by atoms with E-state index in [0.717, 1.165) is 0 Å². The van der Waals surface area contributed by atoms with E-state index < -0.39 is 12.8 Å². The van der Waals surface area contributed by atoms with Gasteiger partial charge in [-0.3, -0.25) is 4.79 Å². The lowest BCUT2D eigenvalue weighted by atomic mass is 10.2. The van der Waals surface area contributed by atoms with Crippen LogP contribution in [0.3, 0.4) is 0 Å². The minimum absolute atomic E-state index is 0.103. The number of benzene rings is 2. The molecule has 1 amide bonds. The number of rotatable bonds is 9. The largest absolute Gasteiger partial charge is 0.484 e. The van der Waals surface area contributed by atoms with E-state index in [9.17, 15) is 18.0 Å². The van der Waals surface area contributed by atoms with Gasteiger partial charge in [-0.25, -0.2) is 4.98 Å². The number of carbonyl (C=O) groups is 1. The first-order valence-electron chi connectivity index (χ1n) is 9.24. The van der Waals surface area contributed by atoms with Crippen molar-refractivity contribution >= 4 is 5.91 Å². The number of hydrogen-bond donors (Lipinski definition) is 1. The molecule has 6 nitrogen and oxygen atoms in total. The molecule has 0 aliphatic carbocycles. The standard InChI is InChI=1S/C22H19F3N2O4/c23-22(24,25)15-30-18-6-4-16(5-7-18)13-27-20(28)14-29-17-8-10-19(11-9-17)31-21-3-1-2-12-26-21/h1-12H,13-15H2,(H,27,28). The highest BCUT2D eigenvalue weighted by atomic mass is 19.4. The Morgan fingerprint density at radius 1 is 0.871 bits per heavy atom. The smallest absolute Gasteiger partial charge is 0.422 e. The number of hydrogen-bond acceptors (Lipinski definition) is 5. The van der Waals surface area contributed by atoms with E-state index in [2.05, 4.69) is 15.0 Å². The third-order valence-corrected chi connectivity index (χ3v) is 3.87. The van der Waals surface area contributed by atoms with Crippen molar-refractivity contribution < 1.29 is 32.2 Å². The molecule has 0 fully saturated rings. The second-order valence-electron chi connectivity index (χ2n) is 6.35. The van der Waals surface area contributed by atoms with Crippen molar-refractivity contribution in [2.75, 3.05) is 13.2 Å². The molecule has 0 atom stereocenters. The van der Waals surface area contributed by atoms with Crippen LogP contribution in [0.4, 0.5) is 13.2 Å². The number of halogens is 3. The Morgan fingerprint density at radius 2 is 1.52 bits per heavy atom. The van der Waals surface area contributed by atoms with Crippen molar-refractivity contribution in [2.45, 2.75) is 12.7 Å². The first-order chi connectivity index (χ1) is 14.9. The first kappa shape index (κ1) is 21.9. The zero-order chi connectivity index (χ0) is 22.1. The molecule has 0 spiro atoms. The third kappa shape index (κ3) is 7.88. The van der Waals surface area contributed by atoms with Gasteiger partial charge in [-0.2, -0.15) is 13.2 Å². The molecule has 1 N–H and O–H groups in total. The van der Waals surface area contributed by atoms with Gasteiger partial charge in [0.25, 0.3) is 5.91 Å². The number of pyridine rings is 1. The van der Waals surface area contributed by atoms with Gasteiger partial charge in [0.1, 0.15) is 17.2 Å². The van der Waals surface area contributed by atoms with Gasteiger partial charge in [-0.15, -0.1) is 0 Å². The van der Waals surface area contributed by atoms with Crippen LogP contribution in [0.15, 0.2) is 72.9 Å². The zero-order valence-electron chi connectivity index (χ0n) is 16.3. The normalized spacial score (nSPS) is 10.9. The Labute approximate surface area is 176 Å². The maximum absolute atomic E-state index is 12.1. The van der Waals surface area contributed by atoms with Gasteiger partial charge in [-0.1, -0.05) is 18.2 Å². The van der Waals surface area contributed by atoms with E-state index >= 15 is 0 Å². The number of amides is 1. The monoisotopic (exact) mass is 432 g/mol. The molecule has 0 saturated carbocycles. The highest BCUT2D eigenvalue weighted by Crippen LogP contribution is 2.22. The van der Waals surface area contributed by atoms with Gasteiger partial charge >= 0.3 is 6.18 Å².